The second-order valence-electron chi connectivity index (χ2n) is 4.85. The Hall–Kier alpha value is -1.36. The highest BCUT2D eigenvalue weighted by molar-refractivity contribution is 5.44. The fraction of sp³-hybridized carbons (Fsp3) is 0.667. The van der Waals surface area contributed by atoms with Gasteiger partial charge in [-0.05, 0) is 33.7 Å². The number of aryl methyl sites for hydroxylation is 1. The molecule has 0 radical (unpaired) electrons. The van der Waals surface area contributed by atoms with Crippen molar-refractivity contribution in [1.29, 1.82) is 0 Å². The monoisotopic (exact) mass is 235 g/mol. The van der Waals surface area contributed by atoms with Crippen molar-refractivity contribution in [2.24, 2.45) is 0 Å². The first-order chi connectivity index (χ1) is 8.06. The number of aromatic nitrogens is 2. The van der Waals surface area contributed by atoms with Gasteiger partial charge in [0, 0.05) is 24.7 Å². The molecular formula is C12H21N5. The highest BCUT2D eigenvalue weighted by atomic mass is 15.2. The van der Waals surface area contributed by atoms with Crippen LogP contribution in [-0.4, -0.2) is 40.5 Å². The number of nitrogen functional groups attached to an aromatic ring is 1. The van der Waals surface area contributed by atoms with Gasteiger partial charge < -0.3 is 11.1 Å². The zero-order chi connectivity index (χ0) is 12.4. The summed E-state index contributed by atoms with van der Waals surface area (Å²) in [6.45, 7) is 4.95. The third kappa shape index (κ3) is 3.30. The lowest BCUT2D eigenvalue weighted by atomic mass is 10.3. The van der Waals surface area contributed by atoms with Gasteiger partial charge in [0.1, 0.15) is 17.5 Å². The molecule has 94 valence electrons. The summed E-state index contributed by atoms with van der Waals surface area (Å²) in [5.41, 5.74) is 5.68. The topological polar surface area (TPSA) is 67.1 Å². The minimum absolute atomic E-state index is 0.499. The third-order valence-corrected chi connectivity index (χ3v) is 3.25. The number of hydrogen-bond donors (Lipinski definition) is 2. The molecule has 1 fully saturated rings. The normalized spacial score (nSPS) is 17.2. The number of rotatable bonds is 5. The van der Waals surface area contributed by atoms with E-state index in [1.807, 2.05) is 6.92 Å². The molecule has 0 bridgehead atoms. The van der Waals surface area contributed by atoms with E-state index in [4.69, 9.17) is 5.73 Å². The van der Waals surface area contributed by atoms with Crippen molar-refractivity contribution in [2.75, 3.05) is 24.6 Å². The number of nitrogens with zero attached hydrogens (tertiary/aromatic N) is 3. The first-order valence-electron chi connectivity index (χ1n) is 6.13. The predicted octanol–water partition coefficient (Wildman–Crippen LogP) is 1.26. The van der Waals surface area contributed by atoms with Crippen LogP contribution in [0.25, 0.3) is 0 Å². The zero-order valence-corrected chi connectivity index (χ0v) is 10.8. The van der Waals surface area contributed by atoms with Crippen molar-refractivity contribution < 1.29 is 0 Å². The summed E-state index contributed by atoms with van der Waals surface area (Å²) in [6, 6.07) is 3.06. The summed E-state index contributed by atoms with van der Waals surface area (Å²) >= 11 is 0. The second-order valence-corrected chi connectivity index (χ2v) is 4.85. The number of anilines is 2. The molecule has 3 N–H and O–H groups in total. The van der Waals surface area contributed by atoms with Gasteiger partial charge in [0.25, 0.3) is 0 Å². The van der Waals surface area contributed by atoms with Crippen molar-refractivity contribution in [3.63, 3.8) is 0 Å². The molecule has 1 aliphatic rings. The van der Waals surface area contributed by atoms with E-state index in [-0.39, 0.29) is 0 Å². The van der Waals surface area contributed by atoms with Crippen molar-refractivity contribution in [3.05, 3.63) is 11.9 Å². The van der Waals surface area contributed by atoms with Gasteiger partial charge in [-0.3, -0.25) is 4.90 Å². The van der Waals surface area contributed by atoms with Crippen LogP contribution in [0, 0.1) is 6.92 Å². The van der Waals surface area contributed by atoms with Crippen molar-refractivity contribution in [1.82, 2.24) is 14.9 Å². The molecular weight excluding hydrogens is 214 g/mol. The summed E-state index contributed by atoms with van der Waals surface area (Å²) in [7, 11) is 2.18. The van der Waals surface area contributed by atoms with Gasteiger partial charge >= 0.3 is 0 Å². The van der Waals surface area contributed by atoms with Crippen LogP contribution in [0.4, 0.5) is 11.6 Å². The standard InChI is InChI=1S/C12H21N5/c1-8(17(3)10-4-5-10)7-14-12-6-11(13)15-9(2)16-12/h6,8,10H,4-5,7H2,1-3H3,(H3,13,14,15,16). The largest absolute Gasteiger partial charge is 0.384 e. The Morgan fingerprint density at radius 1 is 1.53 bits per heavy atom. The molecule has 1 saturated carbocycles. The average Bonchev–Trinajstić information content (AvgIpc) is 3.07. The lowest BCUT2D eigenvalue weighted by Gasteiger charge is -2.24. The number of nitrogens with one attached hydrogen (secondary N) is 1. The molecule has 1 unspecified atom stereocenters. The van der Waals surface area contributed by atoms with Crippen molar-refractivity contribution >= 4 is 11.6 Å². The number of hydrogen-bond acceptors (Lipinski definition) is 5. The highest BCUT2D eigenvalue weighted by Crippen LogP contribution is 2.26. The van der Waals surface area contributed by atoms with Gasteiger partial charge in [-0.15, -0.1) is 0 Å². The molecule has 5 nitrogen and oxygen atoms in total. The molecule has 0 aromatic carbocycles. The quantitative estimate of drug-likeness (QED) is 0.804. The maximum atomic E-state index is 5.68. The van der Waals surface area contributed by atoms with Crippen LogP contribution >= 0.6 is 0 Å². The summed E-state index contributed by atoms with van der Waals surface area (Å²) in [5.74, 6) is 2.03. The lowest BCUT2D eigenvalue weighted by molar-refractivity contribution is 0.257. The van der Waals surface area contributed by atoms with Crippen LogP contribution in [0.15, 0.2) is 6.07 Å². The number of likely N-dealkylation sites (N-methyl/N-ethyl adjacent to an activating group) is 1. The molecule has 1 aromatic heterocycles. The van der Waals surface area contributed by atoms with E-state index >= 15 is 0 Å². The molecule has 1 heterocycles. The Bertz CT molecular complexity index is 368. The van der Waals surface area contributed by atoms with Crippen molar-refractivity contribution in [3.8, 4) is 0 Å². The Kier molecular flexibility index (Phi) is 3.47. The van der Waals surface area contributed by atoms with E-state index in [2.05, 4.69) is 34.2 Å². The van der Waals surface area contributed by atoms with Gasteiger partial charge in [0.15, 0.2) is 0 Å². The molecule has 0 saturated heterocycles. The van der Waals surface area contributed by atoms with Gasteiger partial charge in [0.05, 0.1) is 0 Å². The minimum Gasteiger partial charge on any atom is -0.384 e. The molecule has 0 aliphatic heterocycles. The zero-order valence-electron chi connectivity index (χ0n) is 10.8. The average molecular weight is 235 g/mol. The van der Waals surface area contributed by atoms with Gasteiger partial charge in [-0.2, -0.15) is 0 Å². The van der Waals surface area contributed by atoms with E-state index in [1.54, 1.807) is 6.07 Å². The molecule has 1 aliphatic carbocycles. The Morgan fingerprint density at radius 2 is 2.24 bits per heavy atom. The molecule has 0 amide bonds. The second kappa shape index (κ2) is 4.87. The van der Waals surface area contributed by atoms with E-state index in [1.165, 1.54) is 12.8 Å². The van der Waals surface area contributed by atoms with Crippen molar-refractivity contribution in [2.45, 2.75) is 38.8 Å². The summed E-state index contributed by atoms with van der Waals surface area (Å²) in [5, 5.41) is 3.32. The minimum atomic E-state index is 0.499. The Labute approximate surface area is 102 Å². The number of nitrogens with two attached hydrogens (primary N) is 1. The van der Waals surface area contributed by atoms with E-state index < -0.39 is 0 Å². The van der Waals surface area contributed by atoms with E-state index in [0.29, 0.717) is 17.7 Å². The van der Waals surface area contributed by atoms with Gasteiger partial charge in [0.2, 0.25) is 0 Å². The maximum Gasteiger partial charge on any atom is 0.131 e. The van der Waals surface area contributed by atoms with Crippen LogP contribution in [0.5, 0.6) is 0 Å². The molecule has 2 rings (SSSR count). The summed E-state index contributed by atoms with van der Waals surface area (Å²) < 4.78 is 0. The Morgan fingerprint density at radius 3 is 2.82 bits per heavy atom. The van der Waals surface area contributed by atoms with Crippen LogP contribution in [-0.2, 0) is 0 Å². The lowest BCUT2D eigenvalue weighted by Crippen LogP contribution is -2.36. The van der Waals surface area contributed by atoms with Crippen LogP contribution in [0.1, 0.15) is 25.6 Å². The maximum absolute atomic E-state index is 5.68. The molecule has 1 atom stereocenters. The first kappa shape index (κ1) is 12.1. The SMILES string of the molecule is Cc1nc(N)cc(NCC(C)N(C)C2CC2)n1. The van der Waals surface area contributed by atoms with Gasteiger partial charge in [-0.25, -0.2) is 9.97 Å². The summed E-state index contributed by atoms with van der Waals surface area (Å²) in [4.78, 5) is 10.8. The first-order valence-corrected chi connectivity index (χ1v) is 6.13. The van der Waals surface area contributed by atoms with Crippen LogP contribution in [0.2, 0.25) is 0 Å². The third-order valence-electron chi connectivity index (χ3n) is 3.25. The fourth-order valence-corrected chi connectivity index (χ4v) is 1.92. The Balaban J connectivity index is 1.88. The van der Waals surface area contributed by atoms with Gasteiger partial charge in [-0.1, -0.05) is 0 Å². The highest BCUT2D eigenvalue weighted by Gasteiger charge is 2.28. The molecule has 1 aromatic rings. The van der Waals surface area contributed by atoms with E-state index in [9.17, 15) is 0 Å². The molecule has 0 spiro atoms. The van der Waals surface area contributed by atoms with Crippen LogP contribution < -0.4 is 11.1 Å². The molecule has 5 heteroatoms. The van der Waals surface area contributed by atoms with Crippen LogP contribution in [0.3, 0.4) is 0 Å². The van der Waals surface area contributed by atoms with E-state index in [0.717, 1.165) is 18.4 Å². The summed E-state index contributed by atoms with van der Waals surface area (Å²) in [6.07, 6.45) is 2.67. The predicted molar refractivity (Wildman–Crippen MR) is 69.9 cm³/mol. The molecule has 17 heavy (non-hydrogen) atoms. The smallest absolute Gasteiger partial charge is 0.131 e. The fourth-order valence-electron chi connectivity index (χ4n) is 1.92.